The Hall–Kier alpha value is -0.890. The zero-order valence-corrected chi connectivity index (χ0v) is 8.25. The molecule has 1 fully saturated rings. The fourth-order valence-electron chi connectivity index (χ4n) is 1.90. The highest BCUT2D eigenvalue weighted by Gasteiger charge is 2.28. The molecule has 1 aliphatic carbocycles. The van der Waals surface area contributed by atoms with Crippen LogP contribution < -0.4 is 5.73 Å². The third-order valence-electron chi connectivity index (χ3n) is 3.07. The Labute approximate surface area is 84.1 Å². The molecule has 1 aromatic carbocycles. The molecule has 2 heteroatoms. The normalized spacial score (nSPS) is 19.0. The molecule has 1 unspecified atom stereocenters. The van der Waals surface area contributed by atoms with Gasteiger partial charge in [0, 0.05) is 6.54 Å². The van der Waals surface area contributed by atoms with Gasteiger partial charge in [-0.25, -0.2) is 4.39 Å². The van der Waals surface area contributed by atoms with Gasteiger partial charge in [-0.15, -0.1) is 0 Å². The van der Waals surface area contributed by atoms with Crippen molar-refractivity contribution in [1.29, 1.82) is 0 Å². The Morgan fingerprint density at radius 3 is 2.79 bits per heavy atom. The van der Waals surface area contributed by atoms with Crippen molar-refractivity contribution in [3.05, 3.63) is 35.4 Å². The summed E-state index contributed by atoms with van der Waals surface area (Å²) in [7, 11) is 0. The predicted octanol–water partition coefficient (Wildman–Crippen LogP) is 2.96. The fourth-order valence-corrected chi connectivity index (χ4v) is 1.90. The monoisotopic (exact) mass is 193 g/mol. The lowest BCUT2D eigenvalue weighted by Crippen LogP contribution is -2.17. The van der Waals surface area contributed by atoms with Gasteiger partial charge in [-0.1, -0.05) is 30.7 Å². The Morgan fingerprint density at radius 1 is 1.43 bits per heavy atom. The molecule has 76 valence electrons. The van der Waals surface area contributed by atoms with Crippen molar-refractivity contribution in [2.75, 3.05) is 0 Å². The first-order valence-corrected chi connectivity index (χ1v) is 5.24. The summed E-state index contributed by atoms with van der Waals surface area (Å²) in [5, 5.41) is 0. The summed E-state index contributed by atoms with van der Waals surface area (Å²) in [6.45, 7) is 0.491. The van der Waals surface area contributed by atoms with E-state index in [-0.39, 0.29) is 5.92 Å². The number of hydrogen-bond donors (Lipinski definition) is 1. The average molecular weight is 193 g/mol. The van der Waals surface area contributed by atoms with Crippen molar-refractivity contribution in [3.8, 4) is 0 Å². The van der Waals surface area contributed by atoms with Crippen LogP contribution in [-0.4, -0.2) is 0 Å². The first-order chi connectivity index (χ1) is 6.81. The largest absolute Gasteiger partial charge is 0.326 e. The zero-order valence-electron chi connectivity index (χ0n) is 8.25. The maximum atomic E-state index is 13.9. The zero-order chi connectivity index (χ0) is 9.97. The number of benzene rings is 1. The topological polar surface area (TPSA) is 26.0 Å². The Kier molecular flexibility index (Phi) is 2.82. The van der Waals surface area contributed by atoms with Gasteiger partial charge in [0.2, 0.25) is 0 Å². The third-order valence-corrected chi connectivity index (χ3v) is 3.07. The standard InChI is InChI=1S/C12H16FN/c13-12(10-4-2-5-10)11-6-1-3-9(7-11)8-14/h1,3,6-7,10,12H,2,4-5,8,14H2. The molecular weight excluding hydrogens is 177 g/mol. The summed E-state index contributed by atoms with van der Waals surface area (Å²) < 4.78 is 13.9. The van der Waals surface area contributed by atoms with Crippen molar-refractivity contribution < 1.29 is 4.39 Å². The highest BCUT2D eigenvalue weighted by Crippen LogP contribution is 2.40. The van der Waals surface area contributed by atoms with Gasteiger partial charge in [-0.3, -0.25) is 0 Å². The average Bonchev–Trinajstić information content (AvgIpc) is 2.15. The van der Waals surface area contributed by atoms with E-state index in [0.717, 1.165) is 24.0 Å². The number of rotatable bonds is 3. The van der Waals surface area contributed by atoms with E-state index >= 15 is 0 Å². The van der Waals surface area contributed by atoms with Crippen molar-refractivity contribution in [1.82, 2.24) is 0 Å². The van der Waals surface area contributed by atoms with E-state index < -0.39 is 6.17 Å². The second kappa shape index (κ2) is 4.09. The van der Waals surface area contributed by atoms with Gasteiger partial charge in [-0.05, 0) is 29.9 Å². The minimum Gasteiger partial charge on any atom is -0.326 e. The van der Waals surface area contributed by atoms with Crippen LogP contribution in [0.5, 0.6) is 0 Å². The smallest absolute Gasteiger partial charge is 0.128 e. The van der Waals surface area contributed by atoms with Crippen LogP contribution in [0.15, 0.2) is 24.3 Å². The molecule has 0 aromatic heterocycles. The molecule has 0 bridgehead atoms. The van der Waals surface area contributed by atoms with Crippen molar-refractivity contribution >= 4 is 0 Å². The van der Waals surface area contributed by atoms with Crippen LogP contribution in [-0.2, 0) is 6.54 Å². The molecule has 0 aliphatic heterocycles. The van der Waals surface area contributed by atoms with Gasteiger partial charge in [0.05, 0.1) is 0 Å². The highest BCUT2D eigenvalue weighted by atomic mass is 19.1. The maximum absolute atomic E-state index is 13.9. The van der Waals surface area contributed by atoms with E-state index in [9.17, 15) is 4.39 Å². The molecule has 0 amide bonds. The molecule has 0 radical (unpaired) electrons. The summed E-state index contributed by atoms with van der Waals surface area (Å²) in [5.41, 5.74) is 7.34. The Bertz CT molecular complexity index is 307. The maximum Gasteiger partial charge on any atom is 0.128 e. The summed E-state index contributed by atoms with van der Waals surface area (Å²) in [6.07, 6.45) is 2.47. The molecular formula is C12H16FN. The van der Waals surface area contributed by atoms with E-state index in [1.54, 1.807) is 0 Å². The molecule has 1 aliphatic rings. The molecule has 1 atom stereocenters. The summed E-state index contributed by atoms with van der Waals surface area (Å²) in [5.74, 6) is 0.253. The third kappa shape index (κ3) is 1.80. The molecule has 0 saturated heterocycles. The van der Waals surface area contributed by atoms with Crippen LogP contribution in [0.1, 0.15) is 36.6 Å². The SMILES string of the molecule is NCc1cccc(C(F)C2CCC2)c1. The van der Waals surface area contributed by atoms with Gasteiger partial charge < -0.3 is 5.73 Å². The van der Waals surface area contributed by atoms with E-state index in [4.69, 9.17) is 5.73 Å². The van der Waals surface area contributed by atoms with Crippen LogP contribution in [0.2, 0.25) is 0 Å². The first kappa shape index (κ1) is 9.66. The van der Waals surface area contributed by atoms with Gasteiger partial charge >= 0.3 is 0 Å². The van der Waals surface area contributed by atoms with Crippen LogP contribution >= 0.6 is 0 Å². The number of hydrogen-bond acceptors (Lipinski definition) is 1. The van der Waals surface area contributed by atoms with Gasteiger partial charge in [0.15, 0.2) is 0 Å². The van der Waals surface area contributed by atoms with E-state index in [1.165, 1.54) is 6.42 Å². The molecule has 1 nitrogen and oxygen atoms in total. The molecule has 2 N–H and O–H groups in total. The van der Waals surface area contributed by atoms with Gasteiger partial charge in [-0.2, -0.15) is 0 Å². The van der Waals surface area contributed by atoms with Crippen molar-refractivity contribution in [3.63, 3.8) is 0 Å². The fraction of sp³-hybridized carbons (Fsp3) is 0.500. The molecule has 1 saturated carbocycles. The summed E-state index contributed by atoms with van der Waals surface area (Å²) in [6, 6.07) is 7.59. The lowest BCUT2D eigenvalue weighted by Gasteiger charge is -2.29. The van der Waals surface area contributed by atoms with Crippen molar-refractivity contribution in [2.24, 2.45) is 11.7 Å². The Balaban J connectivity index is 2.13. The van der Waals surface area contributed by atoms with E-state index in [1.807, 2.05) is 24.3 Å². The minimum absolute atomic E-state index is 0.253. The molecule has 14 heavy (non-hydrogen) atoms. The number of alkyl halides is 1. The highest BCUT2D eigenvalue weighted by molar-refractivity contribution is 5.25. The number of halogens is 1. The minimum atomic E-state index is -0.782. The molecule has 2 rings (SSSR count). The van der Waals surface area contributed by atoms with E-state index in [2.05, 4.69) is 0 Å². The number of nitrogens with two attached hydrogens (primary N) is 1. The quantitative estimate of drug-likeness (QED) is 0.784. The van der Waals surface area contributed by atoms with E-state index in [0.29, 0.717) is 6.54 Å². The lowest BCUT2D eigenvalue weighted by molar-refractivity contribution is 0.150. The lowest BCUT2D eigenvalue weighted by atomic mass is 9.79. The van der Waals surface area contributed by atoms with Crippen LogP contribution in [0, 0.1) is 5.92 Å². The first-order valence-electron chi connectivity index (χ1n) is 5.24. The predicted molar refractivity (Wildman–Crippen MR) is 55.5 cm³/mol. The molecule has 1 aromatic rings. The molecule has 0 heterocycles. The summed E-state index contributed by atoms with van der Waals surface area (Å²) in [4.78, 5) is 0. The van der Waals surface area contributed by atoms with Crippen LogP contribution in [0.4, 0.5) is 4.39 Å². The second-order valence-electron chi connectivity index (χ2n) is 4.04. The second-order valence-corrected chi connectivity index (χ2v) is 4.04. The van der Waals surface area contributed by atoms with Crippen molar-refractivity contribution in [2.45, 2.75) is 32.0 Å². The summed E-state index contributed by atoms with van der Waals surface area (Å²) >= 11 is 0. The van der Waals surface area contributed by atoms with Crippen LogP contribution in [0.25, 0.3) is 0 Å². The molecule has 0 spiro atoms. The van der Waals surface area contributed by atoms with Gasteiger partial charge in [0.1, 0.15) is 6.17 Å². The van der Waals surface area contributed by atoms with Crippen LogP contribution in [0.3, 0.4) is 0 Å². The van der Waals surface area contributed by atoms with Gasteiger partial charge in [0.25, 0.3) is 0 Å². The Morgan fingerprint density at radius 2 is 2.21 bits per heavy atom.